The molecule has 202 valence electrons. The van der Waals surface area contributed by atoms with Crippen LogP contribution in [-0.4, -0.2) is 63.5 Å². The van der Waals surface area contributed by atoms with E-state index in [1.54, 1.807) is 35.5 Å². The minimum Gasteiger partial charge on any atom is -0.381 e. The first-order valence-electron chi connectivity index (χ1n) is 13.3. The van der Waals surface area contributed by atoms with Crippen molar-refractivity contribution in [3.8, 4) is 0 Å². The number of nitrogens with zero attached hydrogens (tertiary/aromatic N) is 5. The first kappa shape index (κ1) is 26.1. The third-order valence-electron chi connectivity index (χ3n) is 7.33. The zero-order chi connectivity index (χ0) is 27.0. The molecule has 10 heteroatoms. The zero-order valence-electron chi connectivity index (χ0n) is 22.7. The number of aromatic nitrogens is 4. The molecule has 2 N–H and O–H groups in total. The van der Waals surface area contributed by atoms with E-state index in [0.717, 1.165) is 43.4 Å². The maximum Gasteiger partial charge on any atom is 0.257 e. The molecule has 6 rings (SSSR count). The third-order valence-corrected chi connectivity index (χ3v) is 7.33. The second-order valence-corrected chi connectivity index (χ2v) is 9.97. The number of methoxy groups -OCH3 is 1. The second kappa shape index (κ2) is 10.7. The van der Waals surface area contributed by atoms with Gasteiger partial charge in [0, 0.05) is 75.1 Å². The van der Waals surface area contributed by atoms with Crippen LogP contribution in [0.2, 0.25) is 0 Å². The standard InChI is InChI=1S/C26H30FN7O2.C2H6/c1-15-11-34-13-18(10-22(27)25(34)28-15)30-26(35)20-4-5-23(21-14-32(2)31-24(20)21)33-7-6-16(12-33)29-17-8-19(9-17)36-3;1-2/h4-5,10-11,13-14,16-17,19,29H,6-9,12H2,1-3H3,(H,30,35);1-2H3. The highest BCUT2D eigenvalue weighted by molar-refractivity contribution is 6.13. The fraction of sp³-hybridized carbons (Fsp3) is 0.464. The summed E-state index contributed by atoms with van der Waals surface area (Å²) in [6.07, 6.45) is 8.93. The molecule has 2 aliphatic rings. The lowest BCUT2D eigenvalue weighted by molar-refractivity contribution is 0.0149. The number of carbonyl (C=O) groups is 1. The van der Waals surface area contributed by atoms with Crippen molar-refractivity contribution in [2.75, 3.05) is 30.4 Å². The Morgan fingerprint density at radius 3 is 2.71 bits per heavy atom. The van der Waals surface area contributed by atoms with Gasteiger partial charge < -0.3 is 24.7 Å². The Labute approximate surface area is 222 Å². The van der Waals surface area contributed by atoms with Crippen LogP contribution in [0.4, 0.5) is 15.8 Å². The lowest BCUT2D eigenvalue weighted by Crippen LogP contribution is -2.49. The minimum atomic E-state index is -0.490. The second-order valence-electron chi connectivity index (χ2n) is 9.97. The normalized spacial score (nSPS) is 20.9. The lowest BCUT2D eigenvalue weighted by Gasteiger charge is -2.36. The van der Waals surface area contributed by atoms with Crippen molar-refractivity contribution in [2.24, 2.45) is 7.05 Å². The van der Waals surface area contributed by atoms with E-state index < -0.39 is 5.82 Å². The zero-order valence-corrected chi connectivity index (χ0v) is 22.7. The Hall–Kier alpha value is -3.50. The van der Waals surface area contributed by atoms with E-state index >= 15 is 0 Å². The van der Waals surface area contributed by atoms with Gasteiger partial charge in [0.1, 0.15) is 5.52 Å². The summed E-state index contributed by atoms with van der Waals surface area (Å²) in [5.74, 6) is -0.824. The Morgan fingerprint density at radius 2 is 1.95 bits per heavy atom. The number of ether oxygens (including phenoxy) is 1. The van der Waals surface area contributed by atoms with E-state index in [2.05, 4.69) is 25.6 Å². The van der Waals surface area contributed by atoms with Crippen molar-refractivity contribution in [2.45, 2.75) is 58.2 Å². The van der Waals surface area contributed by atoms with E-state index in [0.29, 0.717) is 40.6 Å². The van der Waals surface area contributed by atoms with Gasteiger partial charge in [-0.1, -0.05) is 13.8 Å². The van der Waals surface area contributed by atoms with Crippen LogP contribution in [0, 0.1) is 12.7 Å². The van der Waals surface area contributed by atoms with Crippen LogP contribution >= 0.6 is 0 Å². The SMILES string of the molecule is CC.COC1CC(NC2CCN(c3ccc(C(=O)Nc4cc(F)c5nc(C)cn5c4)c4nn(C)cc34)C2)C1. The predicted molar refractivity (Wildman–Crippen MR) is 147 cm³/mol. The lowest BCUT2D eigenvalue weighted by atomic mass is 9.88. The average molecular weight is 522 g/mol. The van der Waals surface area contributed by atoms with Crippen molar-refractivity contribution < 1.29 is 13.9 Å². The van der Waals surface area contributed by atoms with Crippen LogP contribution in [0.3, 0.4) is 0 Å². The maximum absolute atomic E-state index is 14.5. The van der Waals surface area contributed by atoms with Gasteiger partial charge >= 0.3 is 0 Å². The molecule has 0 spiro atoms. The molecular formula is C28H36FN7O2. The number of carbonyl (C=O) groups excluding carboxylic acids is 1. The fourth-order valence-corrected chi connectivity index (χ4v) is 5.45. The maximum atomic E-state index is 14.5. The van der Waals surface area contributed by atoms with Crippen LogP contribution in [0.25, 0.3) is 16.6 Å². The largest absolute Gasteiger partial charge is 0.381 e. The quantitative estimate of drug-likeness (QED) is 0.394. The molecule has 4 aromatic rings. The number of hydrogen-bond donors (Lipinski definition) is 2. The Morgan fingerprint density at radius 1 is 1.16 bits per heavy atom. The highest BCUT2D eigenvalue weighted by Gasteiger charge is 2.33. The summed E-state index contributed by atoms with van der Waals surface area (Å²) in [6, 6.07) is 6.05. The molecule has 0 bridgehead atoms. The summed E-state index contributed by atoms with van der Waals surface area (Å²) in [4.78, 5) is 19.8. The molecule has 1 saturated carbocycles. The number of amides is 1. The van der Waals surface area contributed by atoms with Gasteiger partial charge in [-0.25, -0.2) is 9.37 Å². The summed E-state index contributed by atoms with van der Waals surface area (Å²) in [5.41, 5.74) is 3.45. The van der Waals surface area contributed by atoms with Gasteiger partial charge in [0.2, 0.25) is 0 Å². The minimum absolute atomic E-state index is 0.233. The summed E-state index contributed by atoms with van der Waals surface area (Å²) in [6.45, 7) is 7.65. The first-order valence-corrected chi connectivity index (χ1v) is 13.3. The monoisotopic (exact) mass is 521 g/mol. The number of hydrogen-bond acceptors (Lipinski definition) is 6. The van der Waals surface area contributed by atoms with Crippen molar-refractivity contribution >= 4 is 33.8 Å². The van der Waals surface area contributed by atoms with Crippen molar-refractivity contribution in [3.63, 3.8) is 0 Å². The number of imidazole rings is 1. The number of halogens is 1. The van der Waals surface area contributed by atoms with Gasteiger partial charge in [-0.3, -0.25) is 9.48 Å². The van der Waals surface area contributed by atoms with Gasteiger partial charge in [-0.15, -0.1) is 0 Å². The molecule has 2 fully saturated rings. The number of benzene rings is 1. The summed E-state index contributed by atoms with van der Waals surface area (Å²) in [7, 11) is 3.63. The molecule has 1 aliphatic heterocycles. The molecule has 3 aromatic heterocycles. The molecule has 1 aromatic carbocycles. The number of aryl methyl sites for hydroxylation is 2. The van der Waals surface area contributed by atoms with E-state index in [4.69, 9.17) is 4.74 Å². The van der Waals surface area contributed by atoms with E-state index in [9.17, 15) is 9.18 Å². The molecule has 9 nitrogen and oxygen atoms in total. The molecule has 1 amide bonds. The number of rotatable bonds is 6. The van der Waals surface area contributed by atoms with Gasteiger partial charge in [0.15, 0.2) is 11.5 Å². The van der Waals surface area contributed by atoms with Crippen LogP contribution in [-0.2, 0) is 11.8 Å². The Bertz CT molecular complexity index is 1460. The molecule has 1 aliphatic carbocycles. The number of anilines is 2. The van der Waals surface area contributed by atoms with Gasteiger partial charge in [-0.05, 0) is 38.3 Å². The third kappa shape index (κ3) is 4.98. The molecule has 1 saturated heterocycles. The number of fused-ring (bicyclic) bond motifs is 2. The van der Waals surface area contributed by atoms with Crippen LogP contribution < -0.4 is 15.5 Å². The molecule has 4 heterocycles. The van der Waals surface area contributed by atoms with Gasteiger partial charge in [0.05, 0.1) is 23.0 Å². The molecule has 0 radical (unpaired) electrons. The van der Waals surface area contributed by atoms with Crippen molar-refractivity contribution in [1.29, 1.82) is 0 Å². The van der Waals surface area contributed by atoms with Crippen LogP contribution in [0.15, 0.2) is 36.8 Å². The van der Waals surface area contributed by atoms with Gasteiger partial charge in [-0.2, -0.15) is 5.10 Å². The summed E-state index contributed by atoms with van der Waals surface area (Å²) in [5, 5.41) is 12.1. The predicted octanol–water partition coefficient (Wildman–Crippen LogP) is 4.29. The highest BCUT2D eigenvalue weighted by Crippen LogP contribution is 2.32. The average Bonchev–Trinajstić information content (AvgIpc) is 3.59. The van der Waals surface area contributed by atoms with Crippen molar-refractivity contribution in [3.05, 3.63) is 53.9 Å². The molecule has 1 atom stereocenters. The highest BCUT2D eigenvalue weighted by atomic mass is 19.1. The van der Waals surface area contributed by atoms with E-state index in [1.165, 1.54) is 6.07 Å². The summed E-state index contributed by atoms with van der Waals surface area (Å²) >= 11 is 0. The number of pyridine rings is 1. The fourth-order valence-electron chi connectivity index (χ4n) is 5.45. The van der Waals surface area contributed by atoms with E-state index in [-0.39, 0.29) is 11.6 Å². The van der Waals surface area contributed by atoms with Crippen LogP contribution in [0.1, 0.15) is 49.2 Å². The smallest absolute Gasteiger partial charge is 0.257 e. The summed E-state index contributed by atoms with van der Waals surface area (Å²) < 4.78 is 23.2. The number of nitrogens with one attached hydrogen (secondary N) is 2. The van der Waals surface area contributed by atoms with Gasteiger partial charge in [0.25, 0.3) is 5.91 Å². The first-order chi connectivity index (χ1) is 18.4. The molecular weight excluding hydrogens is 485 g/mol. The topological polar surface area (TPSA) is 88.7 Å². The molecule has 1 unspecified atom stereocenters. The van der Waals surface area contributed by atoms with Crippen LogP contribution in [0.5, 0.6) is 0 Å². The Kier molecular flexibility index (Phi) is 7.36. The molecule has 38 heavy (non-hydrogen) atoms. The van der Waals surface area contributed by atoms with Crippen molar-refractivity contribution in [1.82, 2.24) is 24.5 Å². The van der Waals surface area contributed by atoms with E-state index in [1.807, 2.05) is 39.2 Å². The Balaban J connectivity index is 0.00000144.